The molecule has 0 atom stereocenters. The first-order chi connectivity index (χ1) is 9.45. The van der Waals surface area contributed by atoms with Gasteiger partial charge in [-0.2, -0.15) is 0 Å². The van der Waals surface area contributed by atoms with Crippen LogP contribution in [-0.2, 0) is 0 Å². The molecule has 0 saturated carbocycles. The van der Waals surface area contributed by atoms with E-state index in [0.717, 1.165) is 0 Å². The van der Waals surface area contributed by atoms with Crippen molar-refractivity contribution in [3.63, 3.8) is 0 Å². The molecule has 0 bridgehead atoms. The van der Waals surface area contributed by atoms with Gasteiger partial charge in [-0.05, 0) is 23.8 Å². The highest BCUT2D eigenvalue weighted by Crippen LogP contribution is 2.32. The SMILES string of the molecule is Br.Br.I.I.c1ccc(P(c2ccccc2)c2ccccc2)cc1. The molecule has 0 nitrogen and oxygen atoms in total. The van der Waals surface area contributed by atoms with Crippen molar-refractivity contribution in [3.8, 4) is 0 Å². The van der Waals surface area contributed by atoms with Crippen molar-refractivity contribution >= 4 is 106 Å². The van der Waals surface area contributed by atoms with Gasteiger partial charge in [-0.1, -0.05) is 91.0 Å². The molecule has 0 aliphatic rings. The largest absolute Gasteiger partial charge is 0.114 e. The molecule has 0 aliphatic carbocycles. The summed E-state index contributed by atoms with van der Waals surface area (Å²) in [6.45, 7) is 0. The van der Waals surface area contributed by atoms with Crippen LogP contribution in [0.3, 0.4) is 0 Å². The van der Waals surface area contributed by atoms with Crippen molar-refractivity contribution in [2.24, 2.45) is 0 Å². The first kappa shape index (κ1) is 25.7. The summed E-state index contributed by atoms with van der Waals surface area (Å²) < 4.78 is 0. The van der Waals surface area contributed by atoms with E-state index in [1.165, 1.54) is 15.9 Å². The Bertz CT molecular complexity index is 543. The molecule has 0 aromatic heterocycles. The van der Waals surface area contributed by atoms with Crippen LogP contribution in [0.1, 0.15) is 0 Å². The van der Waals surface area contributed by atoms with Crippen molar-refractivity contribution in [2.45, 2.75) is 0 Å². The van der Waals surface area contributed by atoms with Gasteiger partial charge in [0.2, 0.25) is 0 Å². The van der Waals surface area contributed by atoms with E-state index in [1.54, 1.807) is 0 Å². The highest BCUT2D eigenvalue weighted by atomic mass is 127. The molecule has 0 unspecified atom stereocenters. The highest BCUT2D eigenvalue weighted by Gasteiger charge is 2.14. The average Bonchev–Trinajstić information content (AvgIpc) is 2.51. The van der Waals surface area contributed by atoms with Crippen molar-refractivity contribution in [2.75, 3.05) is 0 Å². The molecule has 0 fully saturated rings. The third-order valence-electron chi connectivity index (χ3n) is 3.04. The molecule has 3 rings (SSSR count). The Hall–Kier alpha value is 0.510. The van der Waals surface area contributed by atoms with Crippen LogP contribution in [0.2, 0.25) is 0 Å². The second kappa shape index (κ2) is 13.8. The predicted octanol–water partition coefficient (Wildman–Crippen LogP) is 5.84. The zero-order chi connectivity index (χ0) is 12.9. The summed E-state index contributed by atoms with van der Waals surface area (Å²) in [5.41, 5.74) is 0. The van der Waals surface area contributed by atoms with Gasteiger partial charge in [-0.25, -0.2) is 0 Å². The monoisotopic (exact) mass is 678 g/mol. The van der Waals surface area contributed by atoms with Gasteiger partial charge in [-0.15, -0.1) is 81.9 Å². The fourth-order valence-corrected chi connectivity index (χ4v) is 4.48. The molecule has 3 aromatic carbocycles. The quantitative estimate of drug-likeness (QED) is 0.241. The van der Waals surface area contributed by atoms with E-state index in [1.807, 2.05) is 0 Å². The lowest BCUT2D eigenvalue weighted by atomic mass is 10.4. The fraction of sp³-hybridized carbons (Fsp3) is 0. The summed E-state index contributed by atoms with van der Waals surface area (Å²) in [6, 6.07) is 32.3. The van der Waals surface area contributed by atoms with Crippen molar-refractivity contribution in [1.82, 2.24) is 0 Å². The Morgan fingerprint density at radius 3 is 0.826 bits per heavy atom. The maximum atomic E-state index is 2.23. The molecule has 0 amide bonds. The zero-order valence-electron chi connectivity index (χ0n) is 12.2. The van der Waals surface area contributed by atoms with E-state index >= 15 is 0 Å². The van der Waals surface area contributed by atoms with Crippen LogP contribution in [0.5, 0.6) is 0 Å². The van der Waals surface area contributed by atoms with E-state index < -0.39 is 7.92 Å². The predicted molar refractivity (Wildman–Crippen MR) is 137 cm³/mol. The minimum absolute atomic E-state index is 0. The van der Waals surface area contributed by atoms with Gasteiger partial charge < -0.3 is 0 Å². The average molecular weight is 680 g/mol. The summed E-state index contributed by atoms with van der Waals surface area (Å²) in [7, 11) is -0.446. The normalized spacial score (nSPS) is 8.74. The molecule has 0 saturated heterocycles. The standard InChI is InChI=1S/C18H15P.2BrH.2HI/c1-4-10-16(11-5-1)19(17-12-6-2-7-13-17)18-14-8-3-9-15-18;;;;/h1-15H;4*1H. The van der Waals surface area contributed by atoms with E-state index in [2.05, 4.69) is 91.0 Å². The van der Waals surface area contributed by atoms with Gasteiger partial charge in [0.1, 0.15) is 0 Å². The number of hydrogen-bond donors (Lipinski definition) is 0. The van der Waals surface area contributed by atoms with Gasteiger partial charge in [-0.3, -0.25) is 0 Å². The first-order valence-corrected chi connectivity index (χ1v) is 7.74. The van der Waals surface area contributed by atoms with E-state index in [-0.39, 0.29) is 81.9 Å². The zero-order valence-corrected chi connectivity index (χ0v) is 21.2. The van der Waals surface area contributed by atoms with Crippen LogP contribution in [0.4, 0.5) is 0 Å². The van der Waals surface area contributed by atoms with Gasteiger partial charge in [0.15, 0.2) is 0 Å². The highest BCUT2D eigenvalue weighted by molar-refractivity contribution is 14.0. The topological polar surface area (TPSA) is 0 Å². The lowest BCUT2D eigenvalue weighted by Crippen LogP contribution is -2.20. The molecular formula is C18H19Br2I2P. The second-order valence-electron chi connectivity index (χ2n) is 4.34. The Morgan fingerprint density at radius 2 is 0.609 bits per heavy atom. The molecule has 3 aromatic rings. The fourth-order valence-electron chi connectivity index (χ4n) is 2.18. The Balaban J connectivity index is 0. The lowest BCUT2D eigenvalue weighted by Gasteiger charge is -2.18. The molecule has 0 radical (unpaired) electrons. The van der Waals surface area contributed by atoms with Crippen LogP contribution in [0.15, 0.2) is 91.0 Å². The van der Waals surface area contributed by atoms with Gasteiger partial charge >= 0.3 is 0 Å². The Morgan fingerprint density at radius 1 is 0.391 bits per heavy atom. The number of hydrogen-bond acceptors (Lipinski definition) is 0. The summed E-state index contributed by atoms with van der Waals surface area (Å²) >= 11 is 0. The summed E-state index contributed by atoms with van der Waals surface area (Å²) in [5.74, 6) is 0. The number of rotatable bonds is 3. The third-order valence-corrected chi connectivity index (χ3v) is 5.49. The molecule has 0 heterocycles. The Labute approximate surface area is 194 Å². The summed E-state index contributed by atoms with van der Waals surface area (Å²) in [4.78, 5) is 0. The molecule has 0 spiro atoms. The maximum Gasteiger partial charge on any atom is -0.0134 e. The molecule has 124 valence electrons. The van der Waals surface area contributed by atoms with Crippen LogP contribution >= 0.6 is 89.8 Å². The van der Waals surface area contributed by atoms with Crippen molar-refractivity contribution in [3.05, 3.63) is 91.0 Å². The Kier molecular flexibility index (Phi) is 15.4. The molecule has 0 N–H and O–H groups in total. The van der Waals surface area contributed by atoms with E-state index in [4.69, 9.17) is 0 Å². The van der Waals surface area contributed by atoms with Gasteiger partial charge in [0.25, 0.3) is 0 Å². The van der Waals surface area contributed by atoms with Crippen LogP contribution in [-0.4, -0.2) is 0 Å². The maximum absolute atomic E-state index is 2.23. The van der Waals surface area contributed by atoms with Crippen molar-refractivity contribution < 1.29 is 0 Å². The lowest BCUT2D eigenvalue weighted by molar-refractivity contribution is 1.74. The number of benzene rings is 3. The molecule has 23 heavy (non-hydrogen) atoms. The molecule has 0 aliphatic heterocycles. The van der Waals surface area contributed by atoms with Crippen LogP contribution in [0, 0.1) is 0 Å². The van der Waals surface area contributed by atoms with Crippen LogP contribution in [0.25, 0.3) is 0 Å². The van der Waals surface area contributed by atoms with Gasteiger partial charge in [0.05, 0.1) is 0 Å². The molecular weight excluding hydrogens is 661 g/mol. The summed E-state index contributed by atoms with van der Waals surface area (Å²) in [5, 5.41) is 4.19. The van der Waals surface area contributed by atoms with E-state index in [0.29, 0.717) is 0 Å². The minimum atomic E-state index is -0.446. The van der Waals surface area contributed by atoms with Crippen molar-refractivity contribution in [1.29, 1.82) is 0 Å². The van der Waals surface area contributed by atoms with Crippen LogP contribution < -0.4 is 15.9 Å². The third kappa shape index (κ3) is 7.10. The minimum Gasteiger partial charge on any atom is -0.114 e. The van der Waals surface area contributed by atoms with E-state index in [9.17, 15) is 0 Å². The van der Waals surface area contributed by atoms with Gasteiger partial charge in [0, 0.05) is 0 Å². The molecule has 5 heteroatoms. The summed E-state index contributed by atoms with van der Waals surface area (Å²) in [6.07, 6.45) is 0. The number of halogens is 4. The smallest absolute Gasteiger partial charge is 0.0134 e. The first-order valence-electron chi connectivity index (χ1n) is 6.40. The second-order valence-corrected chi connectivity index (χ2v) is 6.56.